The Bertz CT molecular complexity index is 4090. The molecule has 0 bridgehead atoms. The SMILES string of the molecule is CC(C)(C)[Si](C)(C)OCCN1CC2(CCc3c(C(N)=NO)cccc32)CC1=O.COc1ccc(-c2nc(-c3cccc4c3CCC43CC(=O)N(CCO)C3)no2)cc1.COc1ccc(-c2nc(-c3cccc4c3CCC43CC(=O)N(CCO)C3)no2)cc1.COc1ccc(C(=O)O)cc1. The van der Waals surface area contributed by atoms with Gasteiger partial charge in [0.15, 0.2) is 14.2 Å². The van der Waals surface area contributed by atoms with E-state index in [-0.39, 0.29) is 63.6 Å². The molecule has 23 nitrogen and oxygen atoms in total. The number of rotatable bonds is 17. The molecule has 5 heterocycles. The highest BCUT2D eigenvalue weighted by atomic mass is 28.4. The Morgan fingerprint density at radius 1 is 0.576 bits per heavy atom. The van der Waals surface area contributed by atoms with Gasteiger partial charge in [-0.2, -0.15) is 9.97 Å². The molecule has 3 aliphatic heterocycles. The van der Waals surface area contributed by atoms with E-state index >= 15 is 0 Å². The average molecular weight is 1370 g/mol. The number of aliphatic hydroxyl groups excluding tert-OH is 2. The van der Waals surface area contributed by atoms with Crippen LogP contribution in [0.3, 0.4) is 0 Å². The van der Waals surface area contributed by atoms with Crippen LogP contribution >= 0.6 is 0 Å². The first kappa shape index (κ1) is 70.6. The molecule has 6 aromatic carbocycles. The number of methoxy groups -OCH3 is 3. The Kier molecular flexibility index (Phi) is 20.9. The van der Waals surface area contributed by atoms with Crippen molar-refractivity contribution in [3.05, 3.63) is 172 Å². The third kappa shape index (κ3) is 14.6. The van der Waals surface area contributed by atoms with E-state index in [9.17, 15) is 29.4 Å². The van der Waals surface area contributed by atoms with Gasteiger partial charge in [0, 0.05) is 103 Å². The van der Waals surface area contributed by atoms with Crippen LogP contribution in [0.4, 0.5) is 0 Å². The highest BCUT2D eigenvalue weighted by Crippen LogP contribution is 2.51. The molecular formula is C75H87N9O14Si. The number of hydrogen-bond donors (Lipinski definition) is 5. The molecule has 24 heteroatoms. The number of aromatic nitrogens is 4. The molecule has 99 heavy (non-hydrogen) atoms. The highest BCUT2D eigenvalue weighted by molar-refractivity contribution is 6.74. The van der Waals surface area contributed by atoms with Crippen LogP contribution in [0.1, 0.15) is 109 Å². The molecule has 3 spiro atoms. The molecule has 6 aliphatic rings. The summed E-state index contributed by atoms with van der Waals surface area (Å²) in [5.41, 5.74) is 17.1. The van der Waals surface area contributed by atoms with Gasteiger partial charge in [-0.3, -0.25) is 14.4 Å². The summed E-state index contributed by atoms with van der Waals surface area (Å²) < 4.78 is 32.6. The molecule has 3 unspecified atom stereocenters. The fourth-order valence-electron chi connectivity index (χ4n) is 14.6. The minimum Gasteiger partial charge on any atom is -0.497 e. The minimum absolute atomic E-state index is 0.00822. The number of ether oxygens (including phenoxy) is 3. The molecule has 520 valence electrons. The van der Waals surface area contributed by atoms with Crippen molar-refractivity contribution < 1.29 is 67.4 Å². The van der Waals surface area contributed by atoms with Gasteiger partial charge in [0.05, 0.1) is 46.7 Å². The van der Waals surface area contributed by atoms with Crippen molar-refractivity contribution in [1.29, 1.82) is 0 Å². The predicted molar refractivity (Wildman–Crippen MR) is 373 cm³/mol. The van der Waals surface area contributed by atoms with E-state index in [4.69, 9.17) is 43.7 Å². The maximum absolute atomic E-state index is 12.8. The lowest BCUT2D eigenvalue weighted by atomic mass is 9.80. The number of benzene rings is 6. The number of nitrogens with two attached hydrogens (primary N) is 1. The normalized spacial score (nSPS) is 19.8. The molecule has 2 aromatic heterocycles. The number of carbonyl (C=O) groups excluding carboxylic acids is 3. The van der Waals surface area contributed by atoms with E-state index in [0.29, 0.717) is 87.8 Å². The van der Waals surface area contributed by atoms with Crippen molar-refractivity contribution in [2.75, 3.05) is 80.4 Å². The van der Waals surface area contributed by atoms with Crippen LogP contribution < -0.4 is 19.9 Å². The molecule has 6 N–H and O–H groups in total. The largest absolute Gasteiger partial charge is 0.497 e. The van der Waals surface area contributed by atoms with Crippen molar-refractivity contribution in [2.24, 2.45) is 10.9 Å². The van der Waals surface area contributed by atoms with Crippen LogP contribution in [0.25, 0.3) is 45.7 Å². The Morgan fingerprint density at radius 3 is 1.34 bits per heavy atom. The Labute approximate surface area is 576 Å². The molecule has 3 saturated heterocycles. The van der Waals surface area contributed by atoms with Crippen LogP contribution in [-0.2, 0) is 54.3 Å². The average Bonchev–Trinajstić information content (AvgIpc) is 1.60. The van der Waals surface area contributed by atoms with Gasteiger partial charge in [0.25, 0.3) is 11.8 Å². The number of fused-ring (bicyclic) bond motifs is 6. The molecule has 0 radical (unpaired) electrons. The van der Waals surface area contributed by atoms with Gasteiger partial charge >= 0.3 is 5.97 Å². The summed E-state index contributed by atoms with van der Waals surface area (Å²) in [5, 5.41) is 47.9. The number of hydrogen-bond acceptors (Lipinski definition) is 18. The maximum atomic E-state index is 12.8. The third-order valence-corrected chi connectivity index (χ3v) is 25.4. The summed E-state index contributed by atoms with van der Waals surface area (Å²) in [7, 11) is 2.98. The standard InChI is InChI=1S/2C23H23N3O4.C21H33N3O3Si.C8H8O3/c2*1-29-16-7-5-15(6-8-16)22-24-21(25-30-22)18-3-2-4-19-17(18)9-10-23(19)13-20(28)26(14-23)11-12-27;1-20(2,3)28(4,5)27-12-11-24-14-21(13-18(24)25)10-9-15-16(19(22)23-26)7-6-8-17(15)21;1-11-7-4-2-6(3-5-7)8(9)10/h2*2-8,27H,9-14H2,1H3;6-8,26H,9-14H2,1-5H3,(H2,22,23);2-5H,1H3,(H,9,10). The number of amidine groups is 1. The Morgan fingerprint density at radius 2 is 0.960 bits per heavy atom. The lowest BCUT2D eigenvalue weighted by Crippen LogP contribution is -2.43. The zero-order valence-electron chi connectivity index (χ0n) is 57.4. The van der Waals surface area contributed by atoms with E-state index in [1.807, 2.05) is 89.8 Å². The molecule has 8 aromatic rings. The second-order valence-electron chi connectivity index (χ2n) is 27.7. The van der Waals surface area contributed by atoms with E-state index in [1.165, 1.54) is 47.1 Å². The van der Waals surface area contributed by atoms with Gasteiger partial charge in [0.2, 0.25) is 29.4 Å². The van der Waals surface area contributed by atoms with Gasteiger partial charge in [-0.1, -0.05) is 90.8 Å². The second kappa shape index (κ2) is 29.4. The molecule has 3 atom stereocenters. The van der Waals surface area contributed by atoms with Gasteiger partial charge in [0.1, 0.15) is 17.2 Å². The monoisotopic (exact) mass is 1370 g/mol. The van der Waals surface area contributed by atoms with Gasteiger partial charge in [-0.15, -0.1) is 0 Å². The topological polar surface area (TPSA) is 312 Å². The van der Waals surface area contributed by atoms with Crippen LogP contribution in [0.15, 0.2) is 142 Å². The molecule has 3 fully saturated rings. The first-order valence-corrected chi connectivity index (χ1v) is 36.3. The maximum Gasteiger partial charge on any atom is 0.335 e. The molecule has 0 saturated carbocycles. The summed E-state index contributed by atoms with van der Waals surface area (Å²) in [6.07, 6.45) is 6.86. The summed E-state index contributed by atoms with van der Waals surface area (Å²) in [6, 6.07) is 39.4. The van der Waals surface area contributed by atoms with Crippen molar-refractivity contribution >= 4 is 37.8 Å². The van der Waals surface area contributed by atoms with E-state index < -0.39 is 14.3 Å². The van der Waals surface area contributed by atoms with E-state index in [1.54, 1.807) is 36.2 Å². The number of aliphatic hydroxyl groups is 2. The van der Waals surface area contributed by atoms with Crippen LogP contribution in [0, 0.1) is 0 Å². The third-order valence-electron chi connectivity index (χ3n) is 20.9. The molecule has 3 aliphatic carbocycles. The van der Waals surface area contributed by atoms with Gasteiger partial charge in [-0.25, -0.2) is 4.79 Å². The smallest absolute Gasteiger partial charge is 0.335 e. The van der Waals surface area contributed by atoms with Gasteiger partial charge < -0.3 is 68.6 Å². The van der Waals surface area contributed by atoms with Crippen LogP contribution in [-0.4, -0.2) is 174 Å². The molecule has 14 rings (SSSR count). The first-order valence-electron chi connectivity index (χ1n) is 33.4. The number of carboxylic acids is 1. The fourth-order valence-corrected chi connectivity index (χ4v) is 15.7. The van der Waals surface area contributed by atoms with Crippen molar-refractivity contribution in [3.63, 3.8) is 0 Å². The first-order chi connectivity index (χ1) is 47.5. The quantitative estimate of drug-likeness (QED) is 0.0186. The number of oxime groups is 1. The summed E-state index contributed by atoms with van der Waals surface area (Å²) in [6.45, 7) is 15.2. The van der Waals surface area contributed by atoms with Crippen LogP contribution in [0.5, 0.6) is 17.2 Å². The molecular weight excluding hydrogens is 1280 g/mol. The van der Waals surface area contributed by atoms with Gasteiger partial charge in [-0.05, 0) is 163 Å². The Hall–Kier alpha value is -9.75. The van der Waals surface area contributed by atoms with Crippen molar-refractivity contribution in [2.45, 2.75) is 113 Å². The Balaban J connectivity index is 0.000000139. The molecule has 3 amide bonds. The summed E-state index contributed by atoms with van der Waals surface area (Å²) in [5.74, 6) is 3.88. The summed E-state index contributed by atoms with van der Waals surface area (Å²) >= 11 is 0. The van der Waals surface area contributed by atoms with Crippen molar-refractivity contribution in [3.8, 4) is 62.9 Å². The number of carboxylic acid groups (broad SMARTS) is 1. The zero-order valence-corrected chi connectivity index (χ0v) is 58.4. The predicted octanol–water partition coefficient (Wildman–Crippen LogP) is 10.3. The number of carbonyl (C=O) groups is 4. The van der Waals surface area contributed by atoms with Crippen molar-refractivity contribution in [1.82, 2.24) is 35.0 Å². The minimum atomic E-state index is -1.81. The number of nitrogens with zero attached hydrogens (tertiary/aromatic N) is 8. The number of aromatic carboxylic acids is 1. The second-order valence-corrected chi connectivity index (χ2v) is 32.5. The van der Waals surface area contributed by atoms with E-state index in [0.717, 1.165) is 89.9 Å². The van der Waals surface area contributed by atoms with E-state index in [2.05, 4.69) is 77.5 Å². The number of β-amino-alcohol motifs (C(OH)–C–C–N with tert-alkyl or cyclic N) is 2. The lowest BCUT2D eigenvalue weighted by Gasteiger charge is -2.36. The van der Waals surface area contributed by atoms with Crippen LogP contribution in [0.2, 0.25) is 18.1 Å². The summed E-state index contributed by atoms with van der Waals surface area (Å²) in [4.78, 5) is 62.8. The number of amides is 3. The fraction of sp³-hybridized carbons (Fsp3) is 0.400. The number of likely N-dealkylation sites (tertiary alicyclic amines) is 3. The lowest BCUT2D eigenvalue weighted by molar-refractivity contribution is -0.128. The highest BCUT2D eigenvalue weighted by Gasteiger charge is 2.51. The zero-order chi connectivity index (χ0) is 70.4.